The van der Waals surface area contributed by atoms with Crippen LogP contribution < -0.4 is 10.1 Å². The van der Waals surface area contributed by atoms with Crippen LogP contribution in [0, 0.1) is 0 Å². The van der Waals surface area contributed by atoms with Crippen LogP contribution in [0.3, 0.4) is 0 Å². The number of aliphatic hydroxyl groups excluding tert-OH is 1. The molecule has 1 heterocycles. The number of benzene rings is 2. The summed E-state index contributed by atoms with van der Waals surface area (Å²) in [5, 5.41) is 12.7. The smallest absolute Gasteiger partial charge is 0.410 e. The zero-order valence-corrected chi connectivity index (χ0v) is 14.8. The summed E-state index contributed by atoms with van der Waals surface area (Å²) >= 11 is 3.33. The number of amides is 2. The minimum atomic E-state index is -0.783. The van der Waals surface area contributed by atoms with Gasteiger partial charge in [0.25, 0.3) is 0 Å². The summed E-state index contributed by atoms with van der Waals surface area (Å²) in [6.45, 7) is 0.0596. The average molecular weight is 405 g/mol. The van der Waals surface area contributed by atoms with Gasteiger partial charge in [0.05, 0.1) is 12.6 Å². The highest BCUT2D eigenvalue weighted by Gasteiger charge is 2.40. The van der Waals surface area contributed by atoms with Gasteiger partial charge in [0, 0.05) is 16.6 Å². The van der Waals surface area contributed by atoms with Crippen molar-refractivity contribution in [2.45, 2.75) is 18.6 Å². The van der Waals surface area contributed by atoms with E-state index in [0.29, 0.717) is 11.4 Å². The molecule has 130 valence electrons. The van der Waals surface area contributed by atoms with Crippen LogP contribution in [0.25, 0.3) is 0 Å². The van der Waals surface area contributed by atoms with Crippen molar-refractivity contribution >= 4 is 33.6 Å². The lowest BCUT2D eigenvalue weighted by atomic mass is 10.2. The van der Waals surface area contributed by atoms with E-state index in [9.17, 15) is 14.7 Å². The maximum Gasteiger partial charge on any atom is 0.416 e. The first-order chi connectivity index (χ1) is 12.0. The lowest BCUT2D eigenvalue weighted by Crippen LogP contribution is -2.44. The number of β-amino-alcohol motifs (C(OH)–C–C–N with tert-alkyl or cyclic N) is 1. The molecule has 2 amide bonds. The van der Waals surface area contributed by atoms with Gasteiger partial charge in [-0.25, -0.2) is 4.79 Å². The van der Waals surface area contributed by atoms with Crippen LogP contribution in [0.4, 0.5) is 10.5 Å². The van der Waals surface area contributed by atoms with Crippen LogP contribution in [0.1, 0.15) is 6.42 Å². The molecule has 1 aliphatic heterocycles. The highest BCUT2D eigenvalue weighted by Crippen LogP contribution is 2.22. The van der Waals surface area contributed by atoms with Gasteiger partial charge in [-0.3, -0.25) is 9.69 Å². The largest absolute Gasteiger partial charge is 0.416 e. The number of hydrogen-bond acceptors (Lipinski definition) is 4. The van der Waals surface area contributed by atoms with Crippen molar-refractivity contribution in [3.8, 4) is 5.75 Å². The molecule has 1 fully saturated rings. The van der Waals surface area contributed by atoms with E-state index >= 15 is 0 Å². The number of ether oxygens (including phenoxy) is 1. The number of nitrogens with one attached hydrogen (secondary N) is 1. The van der Waals surface area contributed by atoms with Gasteiger partial charge in [-0.05, 0) is 36.4 Å². The SMILES string of the molecule is O=C(Nc1ccc(Br)cc1)[C@H]1C[C@@H](O)CN1C(=O)Oc1ccccc1. The van der Waals surface area contributed by atoms with E-state index < -0.39 is 18.2 Å². The highest BCUT2D eigenvalue weighted by atomic mass is 79.9. The third-order valence-corrected chi connectivity index (χ3v) is 4.40. The van der Waals surface area contributed by atoms with E-state index in [1.165, 1.54) is 4.90 Å². The van der Waals surface area contributed by atoms with Gasteiger partial charge < -0.3 is 15.2 Å². The van der Waals surface area contributed by atoms with Gasteiger partial charge in [0.2, 0.25) is 5.91 Å². The monoisotopic (exact) mass is 404 g/mol. The number of likely N-dealkylation sites (tertiary alicyclic amines) is 1. The van der Waals surface area contributed by atoms with E-state index in [-0.39, 0.29) is 18.9 Å². The maximum atomic E-state index is 12.5. The number of hydrogen-bond donors (Lipinski definition) is 2. The topological polar surface area (TPSA) is 78.9 Å². The van der Waals surface area contributed by atoms with Crippen molar-refractivity contribution in [1.29, 1.82) is 0 Å². The molecule has 1 saturated heterocycles. The van der Waals surface area contributed by atoms with Gasteiger partial charge in [-0.15, -0.1) is 0 Å². The molecular formula is C18H17BrN2O4. The highest BCUT2D eigenvalue weighted by molar-refractivity contribution is 9.10. The Morgan fingerprint density at radius 3 is 2.48 bits per heavy atom. The molecule has 25 heavy (non-hydrogen) atoms. The van der Waals surface area contributed by atoms with Gasteiger partial charge in [-0.1, -0.05) is 34.1 Å². The number of rotatable bonds is 3. The molecule has 0 aromatic heterocycles. The second kappa shape index (κ2) is 7.67. The Labute approximate surface area is 153 Å². The molecule has 2 N–H and O–H groups in total. The fraction of sp³-hybridized carbons (Fsp3) is 0.222. The molecule has 2 aromatic rings. The van der Waals surface area contributed by atoms with Crippen molar-refractivity contribution in [2.24, 2.45) is 0 Å². The molecule has 0 bridgehead atoms. The van der Waals surface area contributed by atoms with E-state index in [1.807, 2.05) is 6.07 Å². The van der Waals surface area contributed by atoms with Gasteiger partial charge in [-0.2, -0.15) is 0 Å². The number of halogens is 1. The first-order valence-corrected chi connectivity index (χ1v) is 8.60. The van der Waals surface area contributed by atoms with Crippen molar-refractivity contribution < 1.29 is 19.4 Å². The Balaban J connectivity index is 1.69. The van der Waals surface area contributed by atoms with E-state index in [0.717, 1.165) is 4.47 Å². The van der Waals surface area contributed by atoms with E-state index in [2.05, 4.69) is 21.2 Å². The maximum absolute atomic E-state index is 12.5. The number of nitrogens with zero attached hydrogens (tertiary/aromatic N) is 1. The Bertz CT molecular complexity index is 751. The number of aliphatic hydroxyl groups is 1. The first-order valence-electron chi connectivity index (χ1n) is 7.81. The summed E-state index contributed by atoms with van der Waals surface area (Å²) < 4.78 is 6.18. The van der Waals surface area contributed by atoms with Crippen molar-refractivity contribution in [3.63, 3.8) is 0 Å². The molecule has 2 atom stereocenters. The standard InChI is InChI=1S/C18H17BrN2O4/c19-12-6-8-13(9-7-12)20-17(23)16-10-14(22)11-21(16)18(24)25-15-4-2-1-3-5-15/h1-9,14,16,22H,10-11H2,(H,20,23)/t14-,16-/m1/s1. The van der Waals surface area contributed by atoms with Crippen molar-refractivity contribution in [3.05, 3.63) is 59.1 Å². The quantitative estimate of drug-likeness (QED) is 0.823. The predicted molar refractivity (Wildman–Crippen MR) is 96.4 cm³/mol. The van der Waals surface area contributed by atoms with Gasteiger partial charge >= 0.3 is 6.09 Å². The lowest BCUT2D eigenvalue weighted by Gasteiger charge is -2.22. The predicted octanol–water partition coefficient (Wildman–Crippen LogP) is 3.02. The first kappa shape index (κ1) is 17.4. The molecule has 0 aliphatic carbocycles. The molecule has 0 spiro atoms. The van der Waals surface area contributed by atoms with Crippen molar-refractivity contribution in [1.82, 2.24) is 4.90 Å². The van der Waals surface area contributed by atoms with E-state index in [1.54, 1.807) is 48.5 Å². The number of carbonyl (C=O) groups excluding carboxylic acids is 2. The normalized spacial score (nSPS) is 19.5. The number of para-hydroxylation sites is 1. The second-order valence-electron chi connectivity index (χ2n) is 5.73. The van der Waals surface area contributed by atoms with Crippen LogP contribution in [-0.4, -0.2) is 40.7 Å². The number of carbonyl (C=O) groups is 2. The lowest BCUT2D eigenvalue weighted by molar-refractivity contribution is -0.119. The second-order valence-corrected chi connectivity index (χ2v) is 6.65. The summed E-state index contributed by atoms with van der Waals surface area (Å²) in [5.41, 5.74) is 0.617. The summed E-state index contributed by atoms with van der Waals surface area (Å²) in [7, 11) is 0. The molecule has 3 rings (SSSR count). The van der Waals surface area contributed by atoms with Crippen LogP contribution in [-0.2, 0) is 4.79 Å². The summed E-state index contributed by atoms with van der Waals surface area (Å²) in [5.74, 6) is 0.0323. The zero-order chi connectivity index (χ0) is 17.8. The Morgan fingerprint density at radius 2 is 1.80 bits per heavy atom. The number of anilines is 1. The van der Waals surface area contributed by atoms with Crippen LogP contribution in [0.2, 0.25) is 0 Å². The molecule has 6 nitrogen and oxygen atoms in total. The third kappa shape index (κ3) is 4.37. The summed E-state index contributed by atoms with van der Waals surface area (Å²) in [4.78, 5) is 26.2. The Kier molecular flexibility index (Phi) is 5.35. The molecular weight excluding hydrogens is 388 g/mol. The average Bonchev–Trinajstić information content (AvgIpc) is 3.00. The minimum Gasteiger partial charge on any atom is -0.410 e. The van der Waals surface area contributed by atoms with Crippen LogP contribution in [0.5, 0.6) is 5.75 Å². The fourth-order valence-corrected chi connectivity index (χ4v) is 2.94. The van der Waals surface area contributed by atoms with Gasteiger partial charge in [0.1, 0.15) is 11.8 Å². The van der Waals surface area contributed by atoms with Crippen LogP contribution in [0.15, 0.2) is 59.1 Å². The third-order valence-electron chi connectivity index (χ3n) is 3.88. The Morgan fingerprint density at radius 1 is 1.12 bits per heavy atom. The fourth-order valence-electron chi connectivity index (χ4n) is 2.67. The Hall–Kier alpha value is -2.38. The molecule has 1 aliphatic rings. The molecule has 7 heteroatoms. The molecule has 2 aromatic carbocycles. The van der Waals surface area contributed by atoms with Gasteiger partial charge in [0.15, 0.2) is 0 Å². The van der Waals surface area contributed by atoms with E-state index in [4.69, 9.17) is 4.74 Å². The molecule has 0 saturated carbocycles. The minimum absolute atomic E-state index is 0.0596. The van der Waals surface area contributed by atoms with Crippen LogP contribution >= 0.6 is 15.9 Å². The molecule has 0 unspecified atom stereocenters. The van der Waals surface area contributed by atoms with Crippen molar-refractivity contribution in [2.75, 3.05) is 11.9 Å². The summed E-state index contributed by atoms with van der Waals surface area (Å²) in [6, 6.07) is 14.9. The zero-order valence-electron chi connectivity index (χ0n) is 13.3. The summed E-state index contributed by atoms with van der Waals surface area (Å²) in [6.07, 6.45) is -1.24. The molecule has 0 radical (unpaired) electrons.